The lowest BCUT2D eigenvalue weighted by Crippen LogP contribution is -2.38. The van der Waals surface area contributed by atoms with Gasteiger partial charge >= 0.3 is 0 Å². The van der Waals surface area contributed by atoms with Crippen molar-refractivity contribution >= 4 is 0 Å². The van der Waals surface area contributed by atoms with E-state index in [1.807, 2.05) is 0 Å². The van der Waals surface area contributed by atoms with Crippen molar-refractivity contribution in [2.45, 2.75) is 72.5 Å². The summed E-state index contributed by atoms with van der Waals surface area (Å²) in [5, 5.41) is 3.51. The van der Waals surface area contributed by atoms with Crippen LogP contribution in [-0.2, 0) is 13.1 Å². The molecule has 2 rings (SSSR count). The van der Waals surface area contributed by atoms with Gasteiger partial charge in [0.25, 0.3) is 0 Å². The summed E-state index contributed by atoms with van der Waals surface area (Å²) in [6.45, 7) is 13.0. The Morgan fingerprint density at radius 3 is 2.90 bits per heavy atom. The van der Waals surface area contributed by atoms with Crippen molar-refractivity contribution in [3.05, 3.63) is 23.2 Å². The normalized spacial score (nSPS) is 20.3. The van der Waals surface area contributed by atoms with Gasteiger partial charge in [-0.3, -0.25) is 4.90 Å². The van der Waals surface area contributed by atoms with E-state index in [0.29, 0.717) is 5.92 Å². The third-order valence-corrected chi connectivity index (χ3v) is 4.52. The van der Waals surface area contributed by atoms with Gasteiger partial charge in [0.1, 0.15) is 11.5 Å². The number of furan rings is 1. The molecule has 3 nitrogen and oxygen atoms in total. The van der Waals surface area contributed by atoms with Crippen LogP contribution in [0.3, 0.4) is 0 Å². The molecule has 0 aromatic carbocycles. The van der Waals surface area contributed by atoms with Crippen LogP contribution >= 0.6 is 0 Å². The van der Waals surface area contributed by atoms with E-state index in [2.05, 4.69) is 44.0 Å². The van der Waals surface area contributed by atoms with Gasteiger partial charge in [-0.2, -0.15) is 0 Å². The van der Waals surface area contributed by atoms with Gasteiger partial charge in [-0.15, -0.1) is 0 Å². The predicted octanol–water partition coefficient (Wildman–Crippen LogP) is 4.10. The highest BCUT2D eigenvalue weighted by atomic mass is 16.3. The van der Waals surface area contributed by atoms with Crippen molar-refractivity contribution < 1.29 is 4.42 Å². The topological polar surface area (TPSA) is 28.4 Å². The maximum atomic E-state index is 5.99. The number of nitrogens with zero attached hydrogens (tertiary/aromatic N) is 1. The van der Waals surface area contributed by atoms with Crippen molar-refractivity contribution in [3.8, 4) is 0 Å². The van der Waals surface area contributed by atoms with Crippen LogP contribution in [-0.4, -0.2) is 24.0 Å². The zero-order valence-electron chi connectivity index (χ0n) is 14.2. The fourth-order valence-electron chi connectivity index (χ4n) is 3.27. The molecule has 3 heteroatoms. The number of nitrogens with one attached hydrogen (secondary N) is 1. The van der Waals surface area contributed by atoms with Crippen LogP contribution in [0.4, 0.5) is 0 Å². The molecule has 0 radical (unpaired) electrons. The first-order valence-electron chi connectivity index (χ1n) is 8.63. The first-order chi connectivity index (χ1) is 10.1. The Hall–Kier alpha value is -0.800. The average Bonchev–Trinajstić information content (AvgIpc) is 2.79. The standard InChI is InChI=1S/C18H32N2O/c1-5-17-8-6-7-9-20(17)13-18-10-16(15(4)21-18)12-19-11-14(2)3/h10,14,17,19H,5-9,11-13H2,1-4H3. The minimum atomic E-state index is 0.690. The highest BCUT2D eigenvalue weighted by Crippen LogP contribution is 2.23. The summed E-state index contributed by atoms with van der Waals surface area (Å²) in [6, 6.07) is 3.00. The fraction of sp³-hybridized carbons (Fsp3) is 0.778. The molecule has 1 fully saturated rings. The molecule has 0 amide bonds. The second-order valence-corrected chi connectivity index (χ2v) is 6.85. The smallest absolute Gasteiger partial charge is 0.118 e. The molecule has 1 aliphatic rings. The van der Waals surface area contributed by atoms with Gasteiger partial charge in [0.15, 0.2) is 0 Å². The van der Waals surface area contributed by atoms with Crippen LogP contribution < -0.4 is 5.32 Å². The van der Waals surface area contributed by atoms with Crippen LogP contribution in [0.15, 0.2) is 10.5 Å². The maximum Gasteiger partial charge on any atom is 0.118 e. The molecular weight excluding hydrogens is 260 g/mol. The quantitative estimate of drug-likeness (QED) is 0.820. The highest BCUT2D eigenvalue weighted by Gasteiger charge is 2.22. The SMILES string of the molecule is CCC1CCCCN1Cc1cc(CNCC(C)C)c(C)o1. The van der Waals surface area contributed by atoms with Crippen molar-refractivity contribution in [2.24, 2.45) is 5.92 Å². The monoisotopic (exact) mass is 292 g/mol. The molecule has 1 unspecified atom stereocenters. The summed E-state index contributed by atoms with van der Waals surface area (Å²) < 4.78 is 5.99. The van der Waals surface area contributed by atoms with Crippen molar-refractivity contribution in [2.75, 3.05) is 13.1 Å². The molecule has 1 atom stereocenters. The number of hydrogen-bond acceptors (Lipinski definition) is 3. The Morgan fingerprint density at radius 1 is 1.38 bits per heavy atom. The summed E-state index contributed by atoms with van der Waals surface area (Å²) in [7, 11) is 0. The first kappa shape index (κ1) is 16.6. The second-order valence-electron chi connectivity index (χ2n) is 6.85. The molecule has 0 aliphatic carbocycles. The zero-order chi connectivity index (χ0) is 15.2. The molecule has 1 aliphatic heterocycles. The number of hydrogen-bond donors (Lipinski definition) is 1. The molecule has 1 aromatic rings. The molecule has 120 valence electrons. The van der Waals surface area contributed by atoms with Gasteiger partial charge in [0.05, 0.1) is 6.54 Å². The number of piperidine rings is 1. The Bertz CT molecular complexity index is 425. The minimum Gasteiger partial charge on any atom is -0.465 e. The van der Waals surface area contributed by atoms with Gasteiger partial charge in [0, 0.05) is 18.2 Å². The van der Waals surface area contributed by atoms with Gasteiger partial charge in [0.2, 0.25) is 0 Å². The van der Waals surface area contributed by atoms with E-state index in [-0.39, 0.29) is 0 Å². The Balaban J connectivity index is 1.91. The van der Waals surface area contributed by atoms with Gasteiger partial charge in [-0.25, -0.2) is 0 Å². The van der Waals surface area contributed by atoms with E-state index >= 15 is 0 Å². The average molecular weight is 292 g/mol. The first-order valence-corrected chi connectivity index (χ1v) is 8.63. The molecule has 1 N–H and O–H groups in total. The number of aryl methyl sites for hydroxylation is 1. The third-order valence-electron chi connectivity index (χ3n) is 4.52. The Morgan fingerprint density at radius 2 is 2.19 bits per heavy atom. The largest absolute Gasteiger partial charge is 0.465 e. The Labute approximate surface area is 130 Å². The van der Waals surface area contributed by atoms with E-state index in [1.54, 1.807) is 0 Å². The maximum absolute atomic E-state index is 5.99. The van der Waals surface area contributed by atoms with E-state index in [1.165, 1.54) is 37.8 Å². The molecular formula is C18H32N2O. The second kappa shape index (κ2) is 8.00. The third kappa shape index (κ3) is 4.86. The van der Waals surface area contributed by atoms with Crippen LogP contribution in [0.5, 0.6) is 0 Å². The lowest BCUT2D eigenvalue weighted by Gasteiger charge is -2.34. The van der Waals surface area contributed by atoms with E-state index in [0.717, 1.165) is 37.2 Å². The summed E-state index contributed by atoms with van der Waals surface area (Å²) in [4.78, 5) is 2.60. The zero-order valence-corrected chi connectivity index (χ0v) is 14.2. The van der Waals surface area contributed by atoms with E-state index in [9.17, 15) is 0 Å². The lowest BCUT2D eigenvalue weighted by atomic mass is 10.00. The molecule has 0 spiro atoms. The van der Waals surface area contributed by atoms with Gasteiger partial charge in [-0.05, 0) is 51.3 Å². The molecule has 0 saturated carbocycles. The number of likely N-dealkylation sites (tertiary alicyclic amines) is 1. The molecule has 0 bridgehead atoms. The fourth-order valence-corrected chi connectivity index (χ4v) is 3.27. The van der Waals surface area contributed by atoms with Crippen LogP contribution in [0, 0.1) is 12.8 Å². The summed E-state index contributed by atoms with van der Waals surface area (Å²) >= 11 is 0. The van der Waals surface area contributed by atoms with Crippen LogP contribution in [0.2, 0.25) is 0 Å². The predicted molar refractivity (Wildman–Crippen MR) is 88.3 cm³/mol. The van der Waals surface area contributed by atoms with E-state index in [4.69, 9.17) is 4.42 Å². The molecule has 21 heavy (non-hydrogen) atoms. The van der Waals surface area contributed by atoms with E-state index < -0.39 is 0 Å². The van der Waals surface area contributed by atoms with Crippen molar-refractivity contribution in [1.82, 2.24) is 10.2 Å². The van der Waals surface area contributed by atoms with Gasteiger partial charge < -0.3 is 9.73 Å². The van der Waals surface area contributed by atoms with Gasteiger partial charge in [-0.1, -0.05) is 27.2 Å². The Kier molecular flexibility index (Phi) is 6.31. The molecule has 1 saturated heterocycles. The summed E-state index contributed by atoms with van der Waals surface area (Å²) in [6.07, 6.45) is 5.32. The van der Waals surface area contributed by atoms with Crippen LogP contribution in [0.25, 0.3) is 0 Å². The summed E-state index contributed by atoms with van der Waals surface area (Å²) in [5.74, 6) is 2.90. The van der Waals surface area contributed by atoms with Crippen LogP contribution in [0.1, 0.15) is 63.5 Å². The number of rotatable bonds is 7. The lowest BCUT2D eigenvalue weighted by molar-refractivity contribution is 0.126. The van der Waals surface area contributed by atoms with Crippen molar-refractivity contribution in [1.29, 1.82) is 0 Å². The highest BCUT2D eigenvalue weighted by molar-refractivity contribution is 5.20. The minimum absolute atomic E-state index is 0.690. The molecule has 1 aromatic heterocycles. The summed E-state index contributed by atoms with van der Waals surface area (Å²) in [5.41, 5.74) is 1.32. The molecule has 2 heterocycles. The van der Waals surface area contributed by atoms with Crippen molar-refractivity contribution in [3.63, 3.8) is 0 Å².